The molecule has 0 spiro atoms. The van der Waals surface area contributed by atoms with Crippen molar-refractivity contribution in [1.82, 2.24) is 14.5 Å². The van der Waals surface area contributed by atoms with E-state index in [9.17, 15) is 0 Å². The van der Waals surface area contributed by atoms with Gasteiger partial charge in [-0.15, -0.1) is 0 Å². The quantitative estimate of drug-likeness (QED) is 0.468. The molecule has 0 amide bonds. The summed E-state index contributed by atoms with van der Waals surface area (Å²) in [6, 6.07) is 10.9. The second-order valence-corrected chi connectivity index (χ2v) is 5.81. The Balaban J connectivity index is 0.000000815. The van der Waals surface area contributed by atoms with Crippen molar-refractivity contribution in [2.45, 2.75) is 27.7 Å². The Morgan fingerprint density at radius 2 is 1.62 bits per heavy atom. The van der Waals surface area contributed by atoms with Crippen molar-refractivity contribution in [3.05, 3.63) is 60.2 Å². The lowest BCUT2D eigenvalue weighted by atomic mass is 10.0. The smallest absolute Gasteiger partial charge is 0.0519 e. The van der Waals surface area contributed by atoms with Crippen LogP contribution >= 0.6 is 0 Å². The molecule has 3 aromatic heterocycles. The first-order chi connectivity index (χ1) is 11.6. The minimum absolute atomic E-state index is 1.08. The van der Waals surface area contributed by atoms with E-state index in [1.807, 2.05) is 39.4 Å². The van der Waals surface area contributed by atoms with Gasteiger partial charge in [0.15, 0.2) is 0 Å². The molecule has 0 atom stereocenters. The van der Waals surface area contributed by atoms with E-state index in [4.69, 9.17) is 0 Å². The van der Waals surface area contributed by atoms with Gasteiger partial charge < -0.3 is 4.57 Å². The molecule has 0 saturated heterocycles. The summed E-state index contributed by atoms with van der Waals surface area (Å²) in [7, 11) is 2.10. The first kappa shape index (κ1) is 16.2. The fourth-order valence-corrected chi connectivity index (χ4v) is 3.03. The van der Waals surface area contributed by atoms with Gasteiger partial charge in [-0.1, -0.05) is 26.0 Å². The highest BCUT2D eigenvalue weighted by Gasteiger charge is 2.09. The SMILES string of the molecule is CC.Cc1cc(-c2ccc3c4cnccc4n(C)c3c2)cnc1C. The zero-order valence-electron chi connectivity index (χ0n) is 15.0. The molecular weight excluding hydrogens is 294 g/mol. The first-order valence-electron chi connectivity index (χ1n) is 8.41. The molecule has 24 heavy (non-hydrogen) atoms. The molecule has 0 N–H and O–H groups in total. The second-order valence-electron chi connectivity index (χ2n) is 5.81. The van der Waals surface area contributed by atoms with E-state index in [1.54, 1.807) is 0 Å². The highest BCUT2D eigenvalue weighted by molar-refractivity contribution is 6.08. The summed E-state index contributed by atoms with van der Waals surface area (Å²) in [5.74, 6) is 0. The molecule has 1 aromatic carbocycles. The number of fused-ring (bicyclic) bond motifs is 3. The zero-order valence-corrected chi connectivity index (χ0v) is 15.0. The molecule has 3 heterocycles. The summed E-state index contributed by atoms with van der Waals surface area (Å²) in [5, 5.41) is 2.44. The first-order valence-corrected chi connectivity index (χ1v) is 8.41. The molecule has 0 aliphatic heterocycles. The van der Waals surface area contributed by atoms with Gasteiger partial charge in [0.25, 0.3) is 0 Å². The van der Waals surface area contributed by atoms with Gasteiger partial charge in [0.1, 0.15) is 0 Å². The lowest BCUT2D eigenvalue weighted by molar-refractivity contribution is 1.01. The van der Waals surface area contributed by atoms with Gasteiger partial charge in [0.05, 0.1) is 5.52 Å². The van der Waals surface area contributed by atoms with Crippen LogP contribution in [0.25, 0.3) is 32.9 Å². The number of nitrogens with zero attached hydrogens (tertiary/aromatic N) is 3. The Kier molecular flexibility index (Phi) is 4.34. The Morgan fingerprint density at radius 3 is 2.38 bits per heavy atom. The van der Waals surface area contributed by atoms with E-state index in [2.05, 4.69) is 58.8 Å². The van der Waals surface area contributed by atoms with Gasteiger partial charge in [0.2, 0.25) is 0 Å². The maximum Gasteiger partial charge on any atom is 0.0519 e. The summed E-state index contributed by atoms with van der Waals surface area (Å²) in [4.78, 5) is 8.74. The van der Waals surface area contributed by atoms with Gasteiger partial charge in [0, 0.05) is 53.2 Å². The summed E-state index contributed by atoms with van der Waals surface area (Å²) < 4.78 is 2.23. The van der Waals surface area contributed by atoms with Crippen LogP contribution in [-0.2, 0) is 7.05 Å². The molecule has 0 radical (unpaired) electrons. The third-order valence-electron chi connectivity index (χ3n) is 4.48. The van der Waals surface area contributed by atoms with E-state index in [0.717, 1.165) is 11.3 Å². The summed E-state index contributed by atoms with van der Waals surface area (Å²) >= 11 is 0. The maximum atomic E-state index is 4.48. The van der Waals surface area contributed by atoms with Crippen LogP contribution in [-0.4, -0.2) is 14.5 Å². The highest BCUT2D eigenvalue weighted by Crippen LogP contribution is 2.31. The molecule has 3 heteroatoms. The predicted octanol–water partition coefficient (Wildman–Crippen LogP) is 5.43. The van der Waals surface area contributed by atoms with Gasteiger partial charge >= 0.3 is 0 Å². The van der Waals surface area contributed by atoms with Gasteiger partial charge in [-0.25, -0.2) is 0 Å². The molecule has 0 saturated carbocycles. The van der Waals surface area contributed by atoms with Crippen LogP contribution in [0, 0.1) is 13.8 Å². The van der Waals surface area contributed by atoms with Crippen molar-refractivity contribution in [3.8, 4) is 11.1 Å². The lowest BCUT2D eigenvalue weighted by Crippen LogP contribution is -1.90. The monoisotopic (exact) mass is 317 g/mol. The summed E-state index contributed by atoms with van der Waals surface area (Å²) in [6.45, 7) is 8.14. The lowest BCUT2D eigenvalue weighted by Gasteiger charge is -2.06. The largest absolute Gasteiger partial charge is 0.343 e. The number of rotatable bonds is 1. The summed E-state index contributed by atoms with van der Waals surface area (Å²) in [5.41, 5.74) is 7.09. The van der Waals surface area contributed by atoms with Crippen LogP contribution < -0.4 is 0 Å². The van der Waals surface area contributed by atoms with Gasteiger partial charge in [-0.05, 0) is 43.2 Å². The van der Waals surface area contributed by atoms with Crippen molar-refractivity contribution >= 4 is 21.8 Å². The van der Waals surface area contributed by atoms with Crippen molar-refractivity contribution in [2.75, 3.05) is 0 Å². The van der Waals surface area contributed by atoms with E-state index < -0.39 is 0 Å². The predicted molar refractivity (Wildman–Crippen MR) is 102 cm³/mol. The Labute approximate surface area is 143 Å². The molecular formula is C21H23N3. The molecule has 0 aliphatic carbocycles. The fraction of sp³-hybridized carbons (Fsp3) is 0.238. The van der Waals surface area contributed by atoms with E-state index in [1.165, 1.54) is 32.9 Å². The number of aryl methyl sites for hydroxylation is 3. The van der Waals surface area contributed by atoms with E-state index in [-0.39, 0.29) is 0 Å². The number of hydrogen-bond acceptors (Lipinski definition) is 2. The Bertz CT molecular complexity index is 1010. The van der Waals surface area contributed by atoms with Crippen LogP contribution in [0.5, 0.6) is 0 Å². The van der Waals surface area contributed by atoms with Crippen LogP contribution in [0.2, 0.25) is 0 Å². The molecule has 0 aliphatic rings. The maximum absolute atomic E-state index is 4.48. The topological polar surface area (TPSA) is 30.7 Å². The van der Waals surface area contributed by atoms with E-state index >= 15 is 0 Å². The van der Waals surface area contributed by atoms with Gasteiger partial charge in [-0.3, -0.25) is 9.97 Å². The highest BCUT2D eigenvalue weighted by atomic mass is 14.9. The Hall–Kier alpha value is -2.68. The zero-order chi connectivity index (χ0) is 17.3. The average molecular weight is 317 g/mol. The molecule has 0 fully saturated rings. The molecule has 0 unspecified atom stereocenters. The number of pyridine rings is 2. The third kappa shape index (κ3) is 2.56. The average Bonchev–Trinajstić information content (AvgIpc) is 2.92. The molecule has 4 aromatic rings. The minimum Gasteiger partial charge on any atom is -0.343 e. The summed E-state index contributed by atoms with van der Waals surface area (Å²) in [6.07, 6.45) is 5.73. The van der Waals surface area contributed by atoms with Gasteiger partial charge in [-0.2, -0.15) is 0 Å². The normalized spacial score (nSPS) is 10.7. The fourth-order valence-electron chi connectivity index (χ4n) is 3.03. The number of benzene rings is 1. The van der Waals surface area contributed by atoms with Crippen molar-refractivity contribution < 1.29 is 0 Å². The van der Waals surface area contributed by atoms with Crippen molar-refractivity contribution in [3.63, 3.8) is 0 Å². The van der Waals surface area contributed by atoms with E-state index in [0.29, 0.717) is 0 Å². The number of aromatic nitrogens is 3. The second kappa shape index (κ2) is 6.44. The third-order valence-corrected chi connectivity index (χ3v) is 4.48. The minimum atomic E-state index is 1.08. The molecule has 122 valence electrons. The van der Waals surface area contributed by atoms with Crippen LogP contribution in [0.15, 0.2) is 48.9 Å². The van der Waals surface area contributed by atoms with Crippen molar-refractivity contribution in [1.29, 1.82) is 0 Å². The van der Waals surface area contributed by atoms with Crippen LogP contribution in [0.3, 0.4) is 0 Å². The van der Waals surface area contributed by atoms with Crippen LogP contribution in [0.4, 0.5) is 0 Å². The Morgan fingerprint density at radius 1 is 0.833 bits per heavy atom. The molecule has 0 bridgehead atoms. The molecule has 4 rings (SSSR count). The standard InChI is InChI=1S/C19H17N3.C2H6/c1-12-8-15(10-21-13(12)2)14-4-5-16-17-11-20-7-6-18(17)22(3)19(16)9-14;1-2/h4-11H,1-3H3;1-2H3. The van der Waals surface area contributed by atoms with Crippen LogP contribution in [0.1, 0.15) is 25.1 Å². The molecule has 3 nitrogen and oxygen atoms in total. The number of hydrogen-bond donors (Lipinski definition) is 0. The van der Waals surface area contributed by atoms with Crippen molar-refractivity contribution in [2.24, 2.45) is 7.05 Å².